The first-order valence-electron chi connectivity index (χ1n) is 8.07. The molecule has 1 nitrogen and oxygen atoms in total. The van der Waals surface area contributed by atoms with Crippen molar-refractivity contribution in [3.63, 3.8) is 0 Å². The number of aryl methyl sites for hydroxylation is 2. The van der Waals surface area contributed by atoms with Crippen LogP contribution in [0.2, 0.25) is 0 Å². The second-order valence-electron chi connectivity index (χ2n) is 5.97. The van der Waals surface area contributed by atoms with Gasteiger partial charge in [0.15, 0.2) is 0 Å². The van der Waals surface area contributed by atoms with E-state index in [-0.39, 0.29) is 0 Å². The lowest BCUT2D eigenvalue weighted by molar-refractivity contribution is 0.412. The third-order valence-corrected chi connectivity index (χ3v) is 4.77. The molecule has 0 spiro atoms. The highest BCUT2D eigenvalue weighted by atomic mass is 14.9. The highest BCUT2D eigenvalue weighted by Gasteiger charge is 2.21. The van der Waals surface area contributed by atoms with E-state index in [2.05, 4.69) is 44.4 Å². The molecular weight excluding hydrogens is 230 g/mol. The molecule has 106 valence electrons. The molecule has 1 N–H and O–H groups in total. The molecule has 1 fully saturated rings. The Morgan fingerprint density at radius 3 is 2.47 bits per heavy atom. The van der Waals surface area contributed by atoms with E-state index in [0.29, 0.717) is 6.04 Å². The van der Waals surface area contributed by atoms with E-state index in [1.165, 1.54) is 43.2 Å². The van der Waals surface area contributed by atoms with Gasteiger partial charge >= 0.3 is 0 Å². The fraction of sp³-hybridized carbons (Fsp3) is 0.667. The van der Waals surface area contributed by atoms with Crippen molar-refractivity contribution >= 4 is 0 Å². The van der Waals surface area contributed by atoms with E-state index in [9.17, 15) is 0 Å². The molecule has 19 heavy (non-hydrogen) atoms. The van der Waals surface area contributed by atoms with Crippen molar-refractivity contribution in [2.45, 2.75) is 64.8 Å². The summed E-state index contributed by atoms with van der Waals surface area (Å²) in [6.07, 6.45) is 9.35. The van der Waals surface area contributed by atoms with Crippen molar-refractivity contribution in [2.24, 2.45) is 5.92 Å². The Hall–Kier alpha value is -0.820. The minimum absolute atomic E-state index is 0.546. The van der Waals surface area contributed by atoms with Crippen molar-refractivity contribution in [3.05, 3.63) is 34.9 Å². The van der Waals surface area contributed by atoms with Crippen LogP contribution in [0.4, 0.5) is 0 Å². The first-order valence-corrected chi connectivity index (χ1v) is 8.07. The van der Waals surface area contributed by atoms with Crippen LogP contribution < -0.4 is 5.32 Å². The SMILES string of the molecule is CCc1ccc(CC)c(C(CC2CCCC2)NC)c1. The van der Waals surface area contributed by atoms with E-state index >= 15 is 0 Å². The van der Waals surface area contributed by atoms with E-state index in [1.54, 1.807) is 5.56 Å². The Morgan fingerprint density at radius 2 is 1.89 bits per heavy atom. The summed E-state index contributed by atoms with van der Waals surface area (Å²) in [6, 6.07) is 7.62. The summed E-state index contributed by atoms with van der Waals surface area (Å²) in [5.74, 6) is 0.937. The Kier molecular flexibility index (Phi) is 5.45. The van der Waals surface area contributed by atoms with Crippen LogP contribution in [0.3, 0.4) is 0 Å². The highest BCUT2D eigenvalue weighted by molar-refractivity contribution is 5.34. The van der Waals surface area contributed by atoms with Gasteiger partial charge in [-0.3, -0.25) is 0 Å². The Morgan fingerprint density at radius 1 is 1.16 bits per heavy atom. The van der Waals surface area contributed by atoms with Crippen LogP contribution in [0.15, 0.2) is 18.2 Å². The van der Waals surface area contributed by atoms with Crippen LogP contribution in [0, 0.1) is 5.92 Å². The molecule has 1 saturated carbocycles. The molecule has 1 aromatic carbocycles. The van der Waals surface area contributed by atoms with Gasteiger partial charge in [-0.15, -0.1) is 0 Å². The molecule has 0 aromatic heterocycles. The van der Waals surface area contributed by atoms with Crippen LogP contribution in [-0.4, -0.2) is 7.05 Å². The van der Waals surface area contributed by atoms with Crippen molar-refractivity contribution in [3.8, 4) is 0 Å². The van der Waals surface area contributed by atoms with Crippen molar-refractivity contribution in [2.75, 3.05) is 7.05 Å². The van der Waals surface area contributed by atoms with E-state index in [1.807, 2.05) is 0 Å². The zero-order valence-electron chi connectivity index (χ0n) is 12.8. The second kappa shape index (κ2) is 7.09. The topological polar surface area (TPSA) is 12.0 Å². The molecule has 1 aliphatic carbocycles. The minimum atomic E-state index is 0.546. The van der Waals surface area contributed by atoms with Gasteiger partial charge in [-0.25, -0.2) is 0 Å². The summed E-state index contributed by atoms with van der Waals surface area (Å²) in [5, 5.41) is 3.57. The predicted molar refractivity (Wildman–Crippen MR) is 83.6 cm³/mol. The lowest BCUT2D eigenvalue weighted by atomic mass is 9.89. The Balaban J connectivity index is 2.19. The van der Waals surface area contributed by atoms with E-state index in [4.69, 9.17) is 0 Å². The molecule has 0 saturated heterocycles. The van der Waals surface area contributed by atoms with Crippen LogP contribution in [0.25, 0.3) is 0 Å². The molecule has 1 aliphatic rings. The maximum Gasteiger partial charge on any atom is 0.0323 e. The minimum Gasteiger partial charge on any atom is -0.313 e. The van der Waals surface area contributed by atoms with Gasteiger partial charge in [0.25, 0.3) is 0 Å². The molecule has 0 radical (unpaired) electrons. The van der Waals surface area contributed by atoms with Gasteiger partial charge in [0.1, 0.15) is 0 Å². The van der Waals surface area contributed by atoms with E-state index < -0.39 is 0 Å². The summed E-state index contributed by atoms with van der Waals surface area (Å²) < 4.78 is 0. The summed E-state index contributed by atoms with van der Waals surface area (Å²) in [6.45, 7) is 4.52. The van der Waals surface area contributed by atoms with Gasteiger partial charge in [0.05, 0.1) is 0 Å². The fourth-order valence-corrected chi connectivity index (χ4v) is 3.49. The van der Waals surface area contributed by atoms with E-state index in [0.717, 1.165) is 18.8 Å². The van der Waals surface area contributed by atoms with Gasteiger partial charge in [-0.2, -0.15) is 0 Å². The molecular formula is C18H29N. The standard InChI is InChI=1S/C18H29N/c1-4-14-10-11-16(5-2)17(12-14)18(19-3)13-15-8-6-7-9-15/h10-12,15,18-19H,4-9,13H2,1-3H3. The van der Waals surface area contributed by atoms with Gasteiger partial charge in [-0.1, -0.05) is 57.7 Å². The van der Waals surface area contributed by atoms with Gasteiger partial charge in [0.2, 0.25) is 0 Å². The number of benzene rings is 1. The van der Waals surface area contributed by atoms with Gasteiger partial charge in [0, 0.05) is 6.04 Å². The maximum atomic E-state index is 3.57. The Labute approximate surface area is 118 Å². The highest BCUT2D eigenvalue weighted by Crippen LogP contribution is 2.34. The fourth-order valence-electron chi connectivity index (χ4n) is 3.49. The quantitative estimate of drug-likeness (QED) is 0.784. The Bertz CT molecular complexity index is 391. The van der Waals surface area contributed by atoms with Crippen LogP contribution in [0.1, 0.15) is 68.7 Å². The van der Waals surface area contributed by atoms with Gasteiger partial charge in [-0.05, 0) is 48.9 Å². The molecule has 1 aromatic rings. The zero-order valence-corrected chi connectivity index (χ0v) is 12.8. The number of hydrogen-bond acceptors (Lipinski definition) is 1. The third-order valence-electron chi connectivity index (χ3n) is 4.77. The molecule has 0 heterocycles. The lowest BCUT2D eigenvalue weighted by Gasteiger charge is -2.23. The molecule has 1 heteroatoms. The monoisotopic (exact) mass is 259 g/mol. The molecule has 0 bridgehead atoms. The van der Waals surface area contributed by atoms with Gasteiger partial charge < -0.3 is 5.32 Å². The van der Waals surface area contributed by atoms with Crippen molar-refractivity contribution in [1.82, 2.24) is 5.32 Å². The number of rotatable bonds is 6. The first kappa shape index (κ1) is 14.6. The molecule has 1 unspecified atom stereocenters. The summed E-state index contributed by atoms with van der Waals surface area (Å²) >= 11 is 0. The predicted octanol–water partition coefficient (Wildman–Crippen LogP) is 4.65. The normalized spacial score (nSPS) is 17.8. The first-order chi connectivity index (χ1) is 9.28. The third kappa shape index (κ3) is 3.60. The second-order valence-corrected chi connectivity index (χ2v) is 5.97. The average molecular weight is 259 g/mol. The zero-order chi connectivity index (χ0) is 13.7. The summed E-state index contributed by atoms with van der Waals surface area (Å²) in [4.78, 5) is 0. The largest absolute Gasteiger partial charge is 0.313 e. The summed E-state index contributed by atoms with van der Waals surface area (Å²) in [5.41, 5.74) is 4.55. The molecule has 1 atom stereocenters. The molecule has 2 rings (SSSR count). The van der Waals surface area contributed by atoms with Crippen molar-refractivity contribution in [1.29, 1.82) is 0 Å². The number of nitrogens with one attached hydrogen (secondary N) is 1. The number of hydrogen-bond donors (Lipinski definition) is 1. The van der Waals surface area contributed by atoms with Crippen LogP contribution >= 0.6 is 0 Å². The molecule has 0 amide bonds. The van der Waals surface area contributed by atoms with Crippen molar-refractivity contribution < 1.29 is 0 Å². The van der Waals surface area contributed by atoms with Crippen LogP contribution in [-0.2, 0) is 12.8 Å². The maximum absolute atomic E-state index is 3.57. The average Bonchev–Trinajstić information content (AvgIpc) is 2.97. The lowest BCUT2D eigenvalue weighted by Crippen LogP contribution is -2.20. The molecule has 0 aliphatic heterocycles. The summed E-state index contributed by atoms with van der Waals surface area (Å²) in [7, 11) is 2.12. The smallest absolute Gasteiger partial charge is 0.0323 e. The van der Waals surface area contributed by atoms with Crippen LogP contribution in [0.5, 0.6) is 0 Å².